The Labute approximate surface area is 95.0 Å². The fourth-order valence-electron chi connectivity index (χ4n) is 1.28. The predicted octanol–water partition coefficient (Wildman–Crippen LogP) is 2.80. The van der Waals surface area contributed by atoms with Gasteiger partial charge in [0.25, 0.3) is 0 Å². The average Bonchev–Trinajstić information content (AvgIpc) is 2.91. The summed E-state index contributed by atoms with van der Waals surface area (Å²) in [6.45, 7) is 0. The van der Waals surface area contributed by atoms with Crippen LogP contribution in [0, 0.1) is 11.6 Å². The standard InChI is InChI=1S/C10H8ClF2NO2/c11-10(1-2-10)14-7-4-5(9(15)16)3-6(12)8(7)13/h3-4,14H,1-2H2,(H,15,16). The lowest BCUT2D eigenvalue weighted by molar-refractivity contribution is 0.0696. The molecule has 0 amide bonds. The number of carbonyl (C=O) groups is 1. The highest BCUT2D eigenvalue weighted by molar-refractivity contribution is 6.27. The van der Waals surface area contributed by atoms with Crippen LogP contribution in [0.5, 0.6) is 0 Å². The number of nitrogens with one attached hydrogen (secondary N) is 1. The van der Waals surface area contributed by atoms with Crippen LogP contribution in [0.4, 0.5) is 14.5 Å². The van der Waals surface area contributed by atoms with Gasteiger partial charge in [0.2, 0.25) is 0 Å². The minimum atomic E-state index is -1.32. The van der Waals surface area contributed by atoms with Crippen LogP contribution in [0.2, 0.25) is 0 Å². The molecule has 1 aliphatic carbocycles. The summed E-state index contributed by atoms with van der Waals surface area (Å²) in [5.74, 6) is -3.64. The molecule has 1 saturated carbocycles. The van der Waals surface area contributed by atoms with E-state index < -0.39 is 22.6 Å². The molecule has 3 nitrogen and oxygen atoms in total. The molecule has 16 heavy (non-hydrogen) atoms. The molecule has 0 saturated heterocycles. The van der Waals surface area contributed by atoms with Gasteiger partial charge in [-0.25, -0.2) is 13.6 Å². The number of aromatic carboxylic acids is 1. The van der Waals surface area contributed by atoms with Gasteiger partial charge in [-0.3, -0.25) is 0 Å². The summed E-state index contributed by atoms with van der Waals surface area (Å²) in [4.78, 5) is 9.89. The summed E-state index contributed by atoms with van der Waals surface area (Å²) in [5.41, 5.74) is -0.535. The summed E-state index contributed by atoms with van der Waals surface area (Å²) < 4.78 is 26.4. The zero-order valence-corrected chi connectivity index (χ0v) is 8.81. The van der Waals surface area contributed by atoms with Crippen LogP contribution < -0.4 is 5.32 Å². The first-order valence-electron chi connectivity index (χ1n) is 4.61. The van der Waals surface area contributed by atoms with Gasteiger partial charge in [0, 0.05) is 0 Å². The van der Waals surface area contributed by atoms with Crippen LogP contribution >= 0.6 is 11.6 Å². The Morgan fingerprint density at radius 3 is 2.56 bits per heavy atom. The van der Waals surface area contributed by atoms with Crippen molar-refractivity contribution in [3.63, 3.8) is 0 Å². The maximum absolute atomic E-state index is 13.3. The molecule has 0 aliphatic heterocycles. The fourth-order valence-corrected chi connectivity index (χ4v) is 1.48. The van der Waals surface area contributed by atoms with Crippen LogP contribution in [-0.2, 0) is 0 Å². The molecule has 1 aliphatic rings. The summed E-state index contributed by atoms with van der Waals surface area (Å²) >= 11 is 5.89. The van der Waals surface area contributed by atoms with E-state index in [1.807, 2.05) is 0 Å². The Bertz CT molecular complexity index is 460. The van der Waals surface area contributed by atoms with Crippen molar-refractivity contribution in [3.05, 3.63) is 29.3 Å². The van der Waals surface area contributed by atoms with E-state index in [2.05, 4.69) is 5.32 Å². The summed E-state index contributed by atoms with van der Waals surface area (Å²) in [6, 6.07) is 1.67. The predicted molar refractivity (Wildman–Crippen MR) is 54.8 cm³/mol. The molecule has 1 aromatic carbocycles. The van der Waals surface area contributed by atoms with Crippen molar-refractivity contribution in [2.24, 2.45) is 0 Å². The number of alkyl halides is 1. The summed E-state index contributed by atoms with van der Waals surface area (Å²) in [7, 11) is 0. The summed E-state index contributed by atoms with van der Waals surface area (Å²) in [6.07, 6.45) is 1.26. The smallest absolute Gasteiger partial charge is 0.335 e. The molecule has 1 aromatic rings. The van der Waals surface area contributed by atoms with Crippen molar-refractivity contribution in [2.45, 2.75) is 17.8 Å². The van der Waals surface area contributed by atoms with E-state index in [9.17, 15) is 13.6 Å². The second kappa shape index (κ2) is 3.59. The van der Waals surface area contributed by atoms with Crippen LogP contribution in [0.15, 0.2) is 12.1 Å². The van der Waals surface area contributed by atoms with Gasteiger partial charge in [-0.1, -0.05) is 11.6 Å². The highest BCUT2D eigenvalue weighted by Crippen LogP contribution is 2.43. The normalized spacial score (nSPS) is 16.9. The largest absolute Gasteiger partial charge is 0.478 e. The molecule has 86 valence electrons. The van der Waals surface area contributed by atoms with Gasteiger partial charge in [0.1, 0.15) is 5.00 Å². The highest BCUT2D eigenvalue weighted by atomic mass is 35.5. The van der Waals surface area contributed by atoms with Crippen molar-refractivity contribution in [1.29, 1.82) is 0 Å². The minimum Gasteiger partial charge on any atom is -0.478 e. The molecular formula is C10H8ClF2NO2. The van der Waals surface area contributed by atoms with E-state index in [-0.39, 0.29) is 11.3 Å². The van der Waals surface area contributed by atoms with E-state index in [1.165, 1.54) is 0 Å². The van der Waals surface area contributed by atoms with Crippen LogP contribution in [0.1, 0.15) is 23.2 Å². The minimum absolute atomic E-state index is 0.218. The first kappa shape index (κ1) is 11.1. The number of carboxylic acid groups (broad SMARTS) is 1. The molecule has 0 aromatic heterocycles. The van der Waals surface area contributed by atoms with Crippen molar-refractivity contribution >= 4 is 23.3 Å². The van der Waals surface area contributed by atoms with E-state index >= 15 is 0 Å². The molecule has 0 unspecified atom stereocenters. The number of benzene rings is 1. The third-order valence-corrected chi connectivity index (χ3v) is 2.80. The van der Waals surface area contributed by atoms with Crippen LogP contribution in [0.25, 0.3) is 0 Å². The average molecular weight is 248 g/mol. The molecule has 6 heteroatoms. The van der Waals surface area contributed by atoms with Gasteiger partial charge in [-0.15, -0.1) is 0 Å². The molecule has 1 fully saturated rings. The van der Waals surface area contributed by atoms with Crippen LogP contribution in [0.3, 0.4) is 0 Å². The maximum atomic E-state index is 13.3. The number of rotatable bonds is 3. The lowest BCUT2D eigenvalue weighted by atomic mass is 10.2. The third kappa shape index (κ3) is 2.09. The van der Waals surface area contributed by atoms with Crippen molar-refractivity contribution in [1.82, 2.24) is 0 Å². The fraction of sp³-hybridized carbons (Fsp3) is 0.300. The van der Waals surface area contributed by atoms with Gasteiger partial charge < -0.3 is 10.4 Å². The number of halogens is 3. The first-order chi connectivity index (χ1) is 7.41. The topological polar surface area (TPSA) is 49.3 Å². The Kier molecular flexibility index (Phi) is 2.50. The van der Waals surface area contributed by atoms with Crippen molar-refractivity contribution < 1.29 is 18.7 Å². The zero-order valence-electron chi connectivity index (χ0n) is 8.06. The van der Waals surface area contributed by atoms with Gasteiger partial charge in [0.15, 0.2) is 11.6 Å². The SMILES string of the molecule is O=C(O)c1cc(F)c(F)c(NC2(Cl)CC2)c1. The van der Waals surface area contributed by atoms with Crippen molar-refractivity contribution in [2.75, 3.05) is 5.32 Å². The van der Waals surface area contributed by atoms with Crippen molar-refractivity contribution in [3.8, 4) is 0 Å². The molecule has 2 rings (SSSR count). The Morgan fingerprint density at radius 2 is 2.06 bits per heavy atom. The molecule has 0 heterocycles. The van der Waals surface area contributed by atoms with Gasteiger partial charge in [-0.05, 0) is 25.0 Å². The van der Waals surface area contributed by atoms with Gasteiger partial charge in [-0.2, -0.15) is 0 Å². The second-order valence-corrected chi connectivity index (χ2v) is 4.44. The lowest BCUT2D eigenvalue weighted by Gasteiger charge is -2.12. The van der Waals surface area contributed by atoms with E-state index in [1.54, 1.807) is 0 Å². The highest BCUT2D eigenvalue weighted by Gasteiger charge is 2.41. The van der Waals surface area contributed by atoms with E-state index in [0.717, 1.165) is 6.07 Å². The monoisotopic (exact) mass is 247 g/mol. The van der Waals surface area contributed by atoms with E-state index in [4.69, 9.17) is 16.7 Å². The number of carboxylic acids is 1. The second-order valence-electron chi connectivity index (χ2n) is 3.72. The summed E-state index contributed by atoms with van der Waals surface area (Å²) in [5, 5.41) is 11.3. The first-order valence-corrected chi connectivity index (χ1v) is 4.98. The Balaban J connectivity index is 2.38. The third-order valence-electron chi connectivity index (χ3n) is 2.32. The molecule has 0 bridgehead atoms. The molecular weight excluding hydrogens is 240 g/mol. The maximum Gasteiger partial charge on any atom is 0.335 e. The molecule has 0 spiro atoms. The van der Waals surface area contributed by atoms with Gasteiger partial charge >= 0.3 is 5.97 Å². The lowest BCUT2D eigenvalue weighted by Crippen LogP contribution is -2.15. The molecule has 0 radical (unpaired) electrons. The molecule has 2 N–H and O–H groups in total. The Morgan fingerprint density at radius 1 is 1.44 bits per heavy atom. The molecule has 0 atom stereocenters. The Hall–Kier alpha value is -1.36. The number of anilines is 1. The zero-order chi connectivity index (χ0) is 11.9. The number of hydrogen-bond donors (Lipinski definition) is 2. The quantitative estimate of drug-likeness (QED) is 0.638. The van der Waals surface area contributed by atoms with Gasteiger partial charge in [0.05, 0.1) is 11.3 Å². The van der Waals surface area contributed by atoms with Crippen LogP contribution in [-0.4, -0.2) is 16.1 Å². The van der Waals surface area contributed by atoms with E-state index in [0.29, 0.717) is 18.9 Å². The number of hydrogen-bond acceptors (Lipinski definition) is 2.